The molecule has 1 aliphatic heterocycles. The molecule has 0 radical (unpaired) electrons. The third-order valence-electron chi connectivity index (χ3n) is 5.40. The smallest absolute Gasteiger partial charge is 0.329 e. The number of carbonyl (C=O) groups is 2. The summed E-state index contributed by atoms with van der Waals surface area (Å²) in [4.78, 5) is 27.4. The van der Waals surface area contributed by atoms with Crippen LogP contribution in [0.4, 0.5) is 4.79 Å². The van der Waals surface area contributed by atoms with Crippen LogP contribution in [0.3, 0.4) is 0 Å². The second-order valence-electron chi connectivity index (χ2n) is 7.44. The number of ether oxygens (including phenoxy) is 1. The molecule has 0 aliphatic carbocycles. The standard InChI is InChI=1S/C21H32N2O3/c1-5-15(2)19(20(24)26-14-18-12-7-6-8-13-18)22-21(25)23-16(3)10-9-11-17(23)4/h6-8,12-13,15-17,19H,5,9-11,14H2,1-4H3,(H,22,25)/t15-,16-,17+,19-/m0/s1. The number of nitrogens with one attached hydrogen (secondary N) is 1. The van der Waals surface area contributed by atoms with Crippen molar-refractivity contribution in [3.05, 3.63) is 35.9 Å². The molecule has 4 atom stereocenters. The largest absolute Gasteiger partial charge is 0.459 e. The fraction of sp³-hybridized carbons (Fsp3) is 0.619. The topological polar surface area (TPSA) is 58.6 Å². The zero-order valence-corrected chi connectivity index (χ0v) is 16.4. The summed E-state index contributed by atoms with van der Waals surface area (Å²) in [5, 5.41) is 2.95. The van der Waals surface area contributed by atoms with Crippen LogP contribution in [0.1, 0.15) is 58.9 Å². The predicted octanol–water partition coefficient (Wildman–Crippen LogP) is 4.12. The molecule has 2 rings (SSSR count). The van der Waals surface area contributed by atoms with Crippen molar-refractivity contribution in [2.75, 3.05) is 0 Å². The third-order valence-corrected chi connectivity index (χ3v) is 5.40. The Morgan fingerprint density at radius 3 is 2.38 bits per heavy atom. The minimum atomic E-state index is -0.627. The SMILES string of the molecule is CC[C@H](C)[C@H](NC(=O)N1[C@H](C)CCC[C@@H]1C)C(=O)OCc1ccccc1. The molecular weight excluding hydrogens is 328 g/mol. The molecule has 1 aromatic carbocycles. The van der Waals surface area contributed by atoms with Crippen LogP contribution in [-0.2, 0) is 16.1 Å². The number of esters is 1. The summed E-state index contributed by atoms with van der Waals surface area (Å²) in [6.07, 6.45) is 3.94. The molecule has 144 valence electrons. The van der Waals surface area contributed by atoms with E-state index in [1.54, 1.807) is 0 Å². The van der Waals surface area contributed by atoms with Crippen LogP contribution in [0.5, 0.6) is 0 Å². The van der Waals surface area contributed by atoms with Crippen molar-refractivity contribution in [1.29, 1.82) is 0 Å². The van der Waals surface area contributed by atoms with Gasteiger partial charge in [-0.05, 0) is 44.6 Å². The van der Waals surface area contributed by atoms with Gasteiger partial charge in [-0.25, -0.2) is 9.59 Å². The minimum Gasteiger partial charge on any atom is -0.459 e. The van der Waals surface area contributed by atoms with Gasteiger partial charge in [-0.15, -0.1) is 0 Å². The normalized spacial score (nSPS) is 22.4. The predicted molar refractivity (Wildman–Crippen MR) is 103 cm³/mol. The highest BCUT2D eigenvalue weighted by molar-refractivity contribution is 5.84. The maximum atomic E-state index is 12.8. The van der Waals surface area contributed by atoms with Crippen LogP contribution in [0.25, 0.3) is 0 Å². The zero-order valence-electron chi connectivity index (χ0n) is 16.4. The number of likely N-dealkylation sites (tertiary alicyclic amines) is 1. The minimum absolute atomic E-state index is 0.0117. The van der Waals surface area contributed by atoms with Crippen molar-refractivity contribution < 1.29 is 14.3 Å². The third kappa shape index (κ3) is 5.23. The average Bonchev–Trinajstić information content (AvgIpc) is 2.64. The second kappa shape index (κ2) is 9.60. The molecule has 0 saturated carbocycles. The molecule has 26 heavy (non-hydrogen) atoms. The Morgan fingerprint density at radius 2 is 1.81 bits per heavy atom. The van der Waals surface area contributed by atoms with E-state index in [1.165, 1.54) is 0 Å². The lowest BCUT2D eigenvalue weighted by Gasteiger charge is -2.40. The highest BCUT2D eigenvalue weighted by Crippen LogP contribution is 2.23. The first-order chi connectivity index (χ1) is 12.4. The molecule has 2 amide bonds. The van der Waals surface area contributed by atoms with E-state index in [0.717, 1.165) is 31.2 Å². The van der Waals surface area contributed by atoms with E-state index in [1.807, 2.05) is 49.1 Å². The van der Waals surface area contributed by atoms with Crippen LogP contribution in [0.15, 0.2) is 30.3 Å². The zero-order chi connectivity index (χ0) is 19.1. The lowest BCUT2D eigenvalue weighted by molar-refractivity contribution is -0.148. The molecule has 1 fully saturated rings. The number of amides is 2. The maximum absolute atomic E-state index is 12.8. The first-order valence-corrected chi connectivity index (χ1v) is 9.73. The molecule has 1 heterocycles. The van der Waals surface area contributed by atoms with Gasteiger partial charge >= 0.3 is 12.0 Å². The molecule has 1 N–H and O–H groups in total. The summed E-state index contributed by atoms with van der Waals surface area (Å²) >= 11 is 0. The quantitative estimate of drug-likeness (QED) is 0.777. The Labute approximate surface area is 157 Å². The van der Waals surface area contributed by atoms with Crippen LogP contribution < -0.4 is 5.32 Å². The average molecular weight is 360 g/mol. The number of nitrogens with zero attached hydrogens (tertiary/aromatic N) is 1. The van der Waals surface area contributed by atoms with Gasteiger partial charge in [0.25, 0.3) is 0 Å². The lowest BCUT2D eigenvalue weighted by atomic mass is 9.97. The number of hydrogen-bond acceptors (Lipinski definition) is 3. The Morgan fingerprint density at radius 1 is 1.19 bits per heavy atom. The molecule has 5 nitrogen and oxygen atoms in total. The summed E-state index contributed by atoms with van der Waals surface area (Å²) in [6, 6.07) is 9.18. The van der Waals surface area contributed by atoms with Crippen molar-refractivity contribution in [3.8, 4) is 0 Å². The maximum Gasteiger partial charge on any atom is 0.329 e. The summed E-state index contributed by atoms with van der Waals surface area (Å²) < 4.78 is 5.48. The van der Waals surface area contributed by atoms with Crippen molar-refractivity contribution in [2.45, 2.75) is 78.1 Å². The number of piperidine rings is 1. The van der Waals surface area contributed by atoms with Gasteiger partial charge in [-0.3, -0.25) is 0 Å². The number of urea groups is 1. The molecule has 1 saturated heterocycles. The van der Waals surface area contributed by atoms with Crippen molar-refractivity contribution in [3.63, 3.8) is 0 Å². The van der Waals surface area contributed by atoms with Crippen molar-refractivity contribution >= 4 is 12.0 Å². The number of carbonyl (C=O) groups excluding carboxylic acids is 2. The first kappa shape index (κ1) is 20.3. The monoisotopic (exact) mass is 360 g/mol. The number of hydrogen-bond donors (Lipinski definition) is 1. The summed E-state index contributed by atoms with van der Waals surface area (Å²) in [7, 11) is 0. The van der Waals surface area contributed by atoms with E-state index in [2.05, 4.69) is 19.2 Å². The van der Waals surface area contributed by atoms with E-state index >= 15 is 0 Å². The van der Waals surface area contributed by atoms with Gasteiger partial charge in [-0.1, -0.05) is 50.6 Å². The Balaban J connectivity index is 2.01. The molecule has 0 unspecified atom stereocenters. The van der Waals surface area contributed by atoms with E-state index in [0.29, 0.717) is 0 Å². The van der Waals surface area contributed by atoms with Gasteiger partial charge in [0.15, 0.2) is 0 Å². The van der Waals surface area contributed by atoms with Crippen molar-refractivity contribution in [2.24, 2.45) is 5.92 Å². The Bertz CT molecular complexity index is 580. The summed E-state index contributed by atoms with van der Waals surface area (Å²) in [5.74, 6) is -0.355. The highest BCUT2D eigenvalue weighted by Gasteiger charge is 2.33. The van der Waals surface area contributed by atoms with E-state index in [-0.39, 0.29) is 36.6 Å². The van der Waals surface area contributed by atoms with Crippen LogP contribution in [-0.4, -0.2) is 35.0 Å². The van der Waals surface area contributed by atoms with E-state index < -0.39 is 6.04 Å². The number of benzene rings is 1. The number of rotatable bonds is 6. The second-order valence-corrected chi connectivity index (χ2v) is 7.44. The summed E-state index contributed by atoms with van der Waals surface area (Å²) in [5.41, 5.74) is 0.938. The molecule has 0 bridgehead atoms. The van der Waals surface area contributed by atoms with Crippen LogP contribution >= 0.6 is 0 Å². The Hall–Kier alpha value is -2.04. The fourth-order valence-corrected chi connectivity index (χ4v) is 3.52. The first-order valence-electron chi connectivity index (χ1n) is 9.73. The molecule has 1 aromatic rings. The molecule has 1 aliphatic rings. The van der Waals surface area contributed by atoms with Crippen LogP contribution in [0, 0.1) is 5.92 Å². The van der Waals surface area contributed by atoms with Crippen LogP contribution in [0.2, 0.25) is 0 Å². The van der Waals surface area contributed by atoms with Gasteiger partial charge in [0, 0.05) is 12.1 Å². The summed E-state index contributed by atoms with van der Waals surface area (Å²) in [6.45, 7) is 8.35. The molecule has 0 aromatic heterocycles. The molecule has 0 spiro atoms. The van der Waals surface area contributed by atoms with Gasteiger partial charge in [-0.2, -0.15) is 0 Å². The highest BCUT2D eigenvalue weighted by atomic mass is 16.5. The van der Waals surface area contributed by atoms with E-state index in [9.17, 15) is 9.59 Å². The lowest BCUT2D eigenvalue weighted by Crippen LogP contribution is -2.56. The molecule has 5 heteroatoms. The van der Waals surface area contributed by atoms with Gasteiger partial charge in [0.2, 0.25) is 0 Å². The Kier molecular flexibility index (Phi) is 7.49. The fourth-order valence-electron chi connectivity index (χ4n) is 3.52. The van der Waals surface area contributed by atoms with E-state index in [4.69, 9.17) is 4.74 Å². The van der Waals surface area contributed by atoms with Gasteiger partial charge in [0.05, 0.1) is 0 Å². The van der Waals surface area contributed by atoms with Gasteiger partial charge < -0.3 is 15.0 Å². The molecular formula is C21H32N2O3. The van der Waals surface area contributed by atoms with Gasteiger partial charge in [0.1, 0.15) is 12.6 Å². The van der Waals surface area contributed by atoms with Crippen molar-refractivity contribution in [1.82, 2.24) is 10.2 Å².